The van der Waals surface area contributed by atoms with E-state index >= 15 is 0 Å². The van der Waals surface area contributed by atoms with Crippen LogP contribution in [0.3, 0.4) is 0 Å². The van der Waals surface area contributed by atoms with Crippen molar-refractivity contribution < 1.29 is 8.42 Å². The fourth-order valence-corrected chi connectivity index (χ4v) is 6.39. The summed E-state index contributed by atoms with van der Waals surface area (Å²) >= 11 is 15.3. The molecule has 2 rings (SSSR count). The SMILES string of the molecule is O=S(=O)(CC1(CBr)CCCC1)c1cc(Cl)ccc1Cl. The van der Waals surface area contributed by atoms with E-state index in [2.05, 4.69) is 15.9 Å². The van der Waals surface area contributed by atoms with Crippen LogP contribution in [0.25, 0.3) is 0 Å². The van der Waals surface area contributed by atoms with E-state index in [1.165, 1.54) is 12.1 Å². The molecule has 0 N–H and O–H groups in total. The fraction of sp³-hybridized carbons (Fsp3) is 0.538. The summed E-state index contributed by atoms with van der Waals surface area (Å²) in [6.07, 6.45) is 4.06. The maximum Gasteiger partial charge on any atom is 0.180 e. The zero-order valence-electron chi connectivity index (χ0n) is 10.3. The van der Waals surface area contributed by atoms with Crippen LogP contribution in [0.4, 0.5) is 0 Å². The highest BCUT2D eigenvalue weighted by Crippen LogP contribution is 2.42. The smallest absolute Gasteiger partial charge is 0.180 e. The van der Waals surface area contributed by atoms with E-state index in [0.717, 1.165) is 25.7 Å². The van der Waals surface area contributed by atoms with E-state index in [1.807, 2.05) is 0 Å². The monoisotopic (exact) mass is 384 g/mol. The van der Waals surface area contributed by atoms with E-state index in [-0.39, 0.29) is 21.1 Å². The maximum atomic E-state index is 12.6. The Balaban J connectivity index is 2.34. The second kappa shape index (κ2) is 5.92. The van der Waals surface area contributed by atoms with Crippen LogP contribution in [0.1, 0.15) is 25.7 Å². The molecular weight excluding hydrogens is 371 g/mol. The van der Waals surface area contributed by atoms with E-state index < -0.39 is 9.84 Å². The summed E-state index contributed by atoms with van der Waals surface area (Å²) in [5.41, 5.74) is -0.162. The van der Waals surface area contributed by atoms with Crippen molar-refractivity contribution in [1.82, 2.24) is 0 Å². The van der Waals surface area contributed by atoms with Gasteiger partial charge < -0.3 is 0 Å². The second-order valence-electron chi connectivity index (χ2n) is 5.17. The average molecular weight is 386 g/mol. The van der Waals surface area contributed by atoms with Gasteiger partial charge in [0.05, 0.1) is 15.7 Å². The van der Waals surface area contributed by atoms with E-state index in [1.54, 1.807) is 6.07 Å². The largest absolute Gasteiger partial charge is 0.224 e. The molecule has 0 amide bonds. The average Bonchev–Trinajstić information content (AvgIpc) is 2.80. The number of alkyl halides is 1. The van der Waals surface area contributed by atoms with Crippen LogP contribution < -0.4 is 0 Å². The molecule has 1 aliphatic rings. The molecule has 1 aromatic rings. The first-order valence-corrected chi connectivity index (χ1v) is 9.65. The van der Waals surface area contributed by atoms with Crippen LogP contribution in [0.15, 0.2) is 23.1 Å². The van der Waals surface area contributed by atoms with E-state index in [9.17, 15) is 8.42 Å². The van der Waals surface area contributed by atoms with Crippen LogP contribution in [-0.2, 0) is 9.84 Å². The van der Waals surface area contributed by atoms with Crippen molar-refractivity contribution in [2.24, 2.45) is 5.41 Å². The normalized spacial score (nSPS) is 18.7. The fourth-order valence-electron chi connectivity index (χ4n) is 2.64. The number of benzene rings is 1. The highest BCUT2D eigenvalue weighted by molar-refractivity contribution is 9.09. The molecule has 1 saturated carbocycles. The van der Waals surface area contributed by atoms with Crippen molar-refractivity contribution in [3.63, 3.8) is 0 Å². The first kappa shape index (κ1) is 15.6. The third-order valence-corrected chi connectivity index (χ3v) is 7.54. The number of halogens is 3. The number of hydrogen-bond acceptors (Lipinski definition) is 2. The molecule has 0 saturated heterocycles. The lowest BCUT2D eigenvalue weighted by Gasteiger charge is -2.26. The first-order valence-electron chi connectivity index (χ1n) is 6.12. The maximum absolute atomic E-state index is 12.6. The number of rotatable bonds is 4. The lowest BCUT2D eigenvalue weighted by molar-refractivity contribution is 0.394. The summed E-state index contributed by atoms with van der Waals surface area (Å²) in [4.78, 5) is 0.147. The van der Waals surface area contributed by atoms with Crippen molar-refractivity contribution in [3.05, 3.63) is 28.2 Å². The third kappa shape index (κ3) is 3.46. The molecule has 1 aromatic carbocycles. The second-order valence-corrected chi connectivity index (χ2v) is 8.54. The van der Waals surface area contributed by atoms with Gasteiger partial charge in [-0.3, -0.25) is 0 Å². The Morgan fingerprint density at radius 2 is 1.84 bits per heavy atom. The van der Waals surface area contributed by atoms with Gasteiger partial charge in [0.15, 0.2) is 9.84 Å². The van der Waals surface area contributed by atoms with Crippen molar-refractivity contribution in [2.45, 2.75) is 30.6 Å². The molecule has 19 heavy (non-hydrogen) atoms. The topological polar surface area (TPSA) is 34.1 Å². The zero-order valence-corrected chi connectivity index (χ0v) is 14.2. The van der Waals surface area contributed by atoms with Crippen LogP contribution in [0.2, 0.25) is 10.0 Å². The Labute approximate surface area is 132 Å². The highest BCUT2D eigenvalue weighted by atomic mass is 79.9. The van der Waals surface area contributed by atoms with Gasteiger partial charge in [-0.25, -0.2) is 8.42 Å². The van der Waals surface area contributed by atoms with Crippen molar-refractivity contribution in [3.8, 4) is 0 Å². The summed E-state index contributed by atoms with van der Waals surface area (Å²) in [6.45, 7) is 0. The number of hydrogen-bond donors (Lipinski definition) is 0. The Kier molecular flexibility index (Phi) is 4.87. The minimum absolute atomic E-state index is 0.130. The summed E-state index contributed by atoms with van der Waals surface area (Å²) in [6, 6.07) is 4.57. The van der Waals surface area contributed by atoms with Gasteiger partial charge >= 0.3 is 0 Å². The molecule has 0 aliphatic heterocycles. The molecule has 0 heterocycles. The minimum Gasteiger partial charge on any atom is -0.224 e. The lowest BCUT2D eigenvalue weighted by Crippen LogP contribution is -2.29. The molecule has 0 bridgehead atoms. The summed E-state index contributed by atoms with van der Waals surface area (Å²) < 4.78 is 25.1. The first-order chi connectivity index (χ1) is 8.88. The zero-order chi connectivity index (χ0) is 14.1. The molecule has 106 valence electrons. The summed E-state index contributed by atoms with van der Waals surface area (Å²) in [5, 5.41) is 1.34. The van der Waals surface area contributed by atoms with Gasteiger partial charge in [0.1, 0.15) is 0 Å². The quantitative estimate of drug-likeness (QED) is 0.702. The molecule has 6 heteroatoms. The van der Waals surface area contributed by atoms with Gasteiger partial charge in [0, 0.05) is 10.4 Å². The van der Waals surface area contributed by atoms with Crippen molar-refractivity contribution in [1.29, 1.82) is 0 Å². The predicted molar refractivity (Wildman–Crippen MR) is 83.2 cm³/mol. The van der Waals surface area contributed by atoms with E-state index in [0.29, 0.717) is 10.4 Å². The molecular formula is C13H15BrCl2O2S. The molecule has 0 spiro atoms. The molecule has 0 aromatic heterocycles. The highest BCUT2D eigenvalue weighted by Gasteiger charge is 2.38. The molecule has 0 radical (unpaired) electrons. The Bertz CT molecular complexity index is 566. The van der Waals surface area contributed by atoms with Crippen molar-refractivity contribution >= 4 is 49.0 Å². The molecule has 0 atom stereocenters. The van der Waals surface area contributed by atoms with E-state index in [4.69, 9.17) is 23.2 Å². The predicted octanol–water partition coefficient (Wildman–Crippen LogP) is 4.72. The summed E-state index contributed by atoms with van der Waals surface area (Å²) in [5.74, 6) is 0.130. The van der Waals surface area contributed by atoms with Gasteiger partial charge in [0.2, 0.25) is 0 Å². The lowest BCUT2D eigenvalue weighted by atomic mass is 9.92. The Hall–Kier alpha value is 0.230. The van der Waals surface area contributed by atoms with Crippen LogP contribution >= 0.6 is 39.1 Å². The Morgan fingerprint density at radius 3 is 2.42 bits per heavy atom. The molecule has 1 fully saturated rings. The van der Waals surface area contributed by atoms with Crippen LogP contribution in [0.5, 0.6) is 0 Å². The van der Waals surface area contributed by atoms with Gasteiger partial charge in [-0.1, -0.05) is 52.0 Å². The van der Waals surface area contributed by atoms with Gasteiger partial charge in [-0.2, -0.15) is 0 Å². The van der Waals surface area contributed by atoms with Gasteiger partial charge in [-0.15, -0.1) is 0 Å². The molecule has 2 nitrogen and oxygen atoms in total. The van der Waals surface area contributed by atoms with Crippen molar-refractivity contribution in [2.75, 3.05) is 11.1 Å². The van der Waals surface area contributed by atoms with Gasteiger partial charge in [0.25, 0.3) is 0 Å². The molecule has 0 unspecified atom stereocenters. The minimum atomic E-state index is -3.41. The third-order valence-electron chi connectivity index (χ3n) is 3.67. The molecule has 1 aliphatic carbocycles. The van der Waals surface area contributed by atoms with Crippen LogP contribution in [-0.4, -0.2) is 19.5 Å². The standard InChI is InChI=1S/C13H15BrCl2O2S/c14-8-13(5-1-2-6-13)9-19(17,18)12-7-10(15)3-4-11(12)16/h3-4,7H,1-2,5-6,8-9H2. The van der Waals surface area contributed by atoms with Crippen LogP contribution in [0, 0.1) is 5.41 Å². The van der Waals surface area contributed by atoms with Gasteiger partial charge in [-0.05, 0) is 36.5 Å². The number of sulfone groups is 1. The summed E-state index contributed by atoms with van der Waals surface area (Å²) in [7, 11) is -3.41. The Morgan fingerprint density at radius 1 is 1.21 bits per heavy atom.